The van der Waals surface area contributed by atoms with Crippen molar-refractivity contribution in [1.29, 1.82) is 0 Å². The zero-order valence-electron chi connectivity index (χ0n) is 13.5. The zero-order valence-corrected chi connectivity index (χ0v) is 13.5. The van der Waals surface area contributed by atoms with E-state index in [9.17, 15) is 13.6 Å². The number of nitrogens with zero attached hydrogens (tertiary/aromatic N) is 2. The number of amides is 1. The van der Waals surface area contributed by atoms with Gasteiger partial charge in [-0.25, -0.2) is 8.78 Å². The molecule has 3 rings (SSSR count). The molecule has 1 aromatic carbocycles. The van der Waals surface area contributed by atoms with Crippen molar-refractivity contribution in [1.82, 2.24) is 9.80 Å². The molecule has 2 fully saturated rings. The second kappa shape index (κ2) is 8.00. The highest BCUT2D eigenvalue weighted by Gasteiger charge is 2.29. The van der Waals surface area contributed by atoms with Gasteiger partial charge < -0.3 is 14.4 Å². The van der Waals surface area contributed by atoms with Crippen molar-refractivity contribution in [3.63, 3.8) is 0 Å². The molecule has 2 aliphatic rings. The number of hydrogen-bond acceptors (Lipinski definition) is 4. The predicted molar refractivity (Wildman–Crippen MR) is 83.9 cm³/mol. The molecule has 7 heteroatoms. The maximum absolute atomic E-state index is 13.7. The fourth-order valence-corrected chi connectivity index (χ4v) is 3.06. The van der Waals surface area contributed by atoms with Crippen LogP contribution in [0.2, 0.25) is 0 Å². The second-order valence-corrected chi connectivity index (χ2v) is 6.09. The van der Waals surface area contributed by atoms with E-state index in [-0.39, 0.29) is 11.7 Å². The number of likely N-dealkylation sites (tertiary alicyclic amines) is 1. The Morgan fingerprint density at radius 3 is 2.83 bits per heavy atom. The summed E-state index contributed by atoms with van der Waals surface area (Å²) in [7, 11) is 0. The highest BCUT2D eigenvalue weighted by molar-refractivity contribution is 5.94. The van der Waals surface area contributed by atoms with Crippen LogP contribution < -0.4 is 0 Å². The third-order valence-corrected chi connectivity index (χ3v) is 4.48. The van der Waals surface area contributed by atoms with Crippen molar-refractivity contribution in [2.45, 2.75) is 12.5 Å². The van der Waals surface area contributed by atoms with Gasteiger partial charge in [-0.3, -0.25) is 9.69 Å². The third-order valence-electron chi connectivity index (χ3n) is 4.48. The number of carbonyl (C=O) groups excluding carboxylic acids is 1. The van der Waals surface area contributed by atoms with Crippen molar-refractivity contribution in [2.24, 2.45) is 0 Å². The Hall–Kier alpha value is -1.57. The topological polar surface area (TPSA) is 42.0 Å². The fourth-order valence-electron chi connectivity index (χ4n) is 3.06. The van der Waals surface area contributed by atoms with Gasteiger partial charge in [0.05, 0.1) is 31.5 Å². The van der Waals surface area contributed by atoms with Crippen LogP contribution in [0.15, 0.2) is 18.2 Å². The van der Waals surface area contributed by atoms with Gasteiger partial charge >= 0.3 is 0 Å². The Kier molecular flexibility index (Phi) is 5.76. The lowest BCUT2D eigenvalue weighted by Crippen LogP contribution is -2.39. The highest BCUT2D eigenvalue weighted by atomic mass is 19.2. The van der Waals surface area contributed by atoms with Crippen LogP contribution in [-0.2, 0) is 9.47 Å². The largest absolute Gasteiger partial charge is 0.379 e. The van der Waals surface area contributed by atoms with Gasteiger partial charge in [0, 0.05) is 32.7 Å². The molecule has 1 amide bonds. The summed E-state index contributed by atoms with van der Waals surface area (Å²) in [4.78, 5) is 16.1. The van der Waals surface area contributed by atoms with E-state index in [1.54, 1.807) is 0 Å². The van der Waals surface area contributed by atoms with Gasteiger partial charge in [0.2, 0.25) is 0 Å². The molecule has 0 bridgehead atoms. The van der Waals surface area contributed by atoms with Gasteiger partial charge in [0.15, 0.2) is 11.6 Å². The monoisotopic (exact) mass is 340 g/mol. The standard InChI is InChI=1S/C17H22F2N2O3/c18-15-3-1-2-14(16(15)19)17(22)21-5-4-13(12-21)24-11-8-20-6-9-23-10-7-20/h1-3,13H,4-12H2/t13-/m0/s1. The molecule has 5 nitrogen and oxygen atoms in total. The van der Waals surface area contributed by atoms with Gasteiger partial charge in [-0.1, -0.05) is 6.07 Å². The molecular weight excluding hydrogens is 318 g/mol. The van der Waals surface area contributed by atoms with E-state index in [1.165, 1.54) is 17.0 Å². The molecule has 24 heavy (non-hydrogen) atoms. The Balaban J connectivity index is 1.46. The van der Waals surface area contributed by atoms with Crippen LogP contribution in [0.1, 0.15) is 16.8 Å². The van der Waals surface area contributed by atoms with Crippen LogP contribution in [0.5, 0.6) is 0 Å². The first-order valence-corrected chi connectivity index (χ1v) is 8.30. The van der Waals surface area contributed by atoms with Gasteiger partial charge in [0.1, 0.15) is 0 Å². The van der Waals surface area contributed by atoms with Crippen molar-refractivity contribution in [3.05, 3.63) is 35.4 Å². The molecule has 1 aromatic rings. The molecule has 0 N–H and O–H groups in total. The predicted octanol–water partition coefficient (Wildman–Crippen LogP) is 1.53. The van der Waals surface area contributed by atoms with E-state index in [0.29, 0.717) is 26.1 Å². The summed E-state index contributed by atoms with van der Waals surface area (Å²) in [5, 5.41) is 0. The van der Waals surface area contributed by atoms with E-state index in [1.807, 2.05) is 0 Å². The maximum atomic E-state index is 13.7. The Bertz CT molecular complexity index is 579. The number of rotatable bonds is 5. The highest BCUT2D eigenvalue weighted by Crippen LogP contribution is 2.19. The molecule has 2 aliphatic heterocycles. The molecule has 2 heterocycles. The third kappa shape index (κ3) is 4.09. The van der Waals surface area contributed by atoms with Crippen LogP contribution in [0.25, 0.3) is 0 Å². The maximum Gasteiger partial charge on any atom is 0.257 e. The van der Waals surface area contributed by atoms with Gasteiger partial charge in [-0.15, -0.1) is 0 Å². The Morgan fingerprint density at radius 2 is 2.04 bits per heavy atom. The molecule has 0 saturated carbocycles. The first kappa shape index (κ1) is 17.3. The quantitative estimate of drug-likeness (QED) is 0.815. The van der Waals surface area contributed by atoms with E-state index < -0.39 is 17.5 Å². The molecule has 0 radical (unpaired) electrons. The van der Waals surface area contributed by atoms with Crippen molar-refractivity contribution in [2.75, 3.05) is 52.5 Å². The molecule has 1 atom stereocenters. The van der Waals surface area contributed by atoms with Crippen LogP contribution in [0.4, 0.5) is 8.78 Å². The molecule has 132 valence electrons. The van der Waals surface area contributed by atoms with Crippen molar-refractivity contribution < 1.29 is 23.0 Å². The summed E-state index contributed by atoms with van der Waals surface area (Å²) in [6.07, 6.45) is 0.665. The van der Waals surface area contributed by atoms with E-state index >= 15 is 0 Å². The average Bonchev–Trinajstić information content (AvgIpc) is 3.07. The number of ether oxygens (including phenoxy) is 2. The number of halogens is 2. The minimum atomic E-state index is -1.08. The van der Waals surface area contributed by atoms with E-state index in [2.05, 4.69) is 4.90 Å². The first-order chi connectivity index (χ1) is 11.6. The van der Waals surface area contributed by atoms with Gasteiger partial charge in [-0.2, -0.15) is 0 Å². The van der Waals surface area contributed by atoms with Crippen molar-refractivity contribution >= 4 is 5.91 Å². The number of morpholine rings is 1. The molecular formula is C17H22F2N2O3. The normalized spacial score (nSPS) is 22.1. The SMILES string of the molecule is O=C(c1cccc(F)c1F)N1CC[C@H](OCCN2CCOCC2)C1. The van der Waals surface area contributed by atoms with Crippen molar-refractivity contribution in [3.8, 4) is 0 Å². The average molecular weight is 340 g/mol. The van der Waals surface area contributed by atoms with Crippen LogP contribution in [0.3, 0.4) is 0 Å². The summed E-state index contributed by atoms with van der Waals surface area (Å²) >= 11 is 0. The van der Waals surface area contributed by atoms with Gasteiger partial charge in [0.25, 0.3) is 5.91 Å². The molecule has 0 aromatic heterocycles. The lowest BCUT2D eigenvalue weighted by molar-refractivity contribution is 0.00423. The fraction of sp³-hybridized carbons (Fsp3) is 0.588. The molecule has 0 spiro atoms. The van der Waals surface area contributed by atoms with Crippen LogP contribution in [0, 0.1) is 11.6 Å². The lowest BCUT2D eigenvalue weighted by atomic mass is 10.2. The number of benzene rings is 1. The number of carbonyl (C=O) groups is 1. The summed E-state index contributed by atoms with van der Waals surface area (Å²) in [5.74, 6) is -2.57. The summed E-state index contributed by atoms with van der Waals surface area (Å²) in [6.45, 7) is 5.69. The molecule has 2 saturated heterocycles. The number of hydrogen-bond donors (Lipinski definition) is 0. The second-order valence-electron chi connectivity index (χ2n) is 6.09. The Morgan fingerprint density at radius 1 is 1.25 bits per heavy atom. The minimum absolute atomic E-state index is 0.0494. The zero-order chi connectivity index (χ0) is 16.9. The van der Waals surface area contributed by atoms with E-state index in [0.717, 1.165) is 38.9 Å². The molecule has 0 unspecified atom stereocenters. The first-order valence-electron chi connectivity index (χ1n) is 8.30. The Labute approximate surface area is 140 Å². The van der Waals surface area contributed by atoms with E-state index in [4.69, 9.17) is 9.47 Å². The molecule has 0 aliphatic carbocycles. The summed E-state index contributed by atoms with van der Waals surface area (Å²) < 4.78 is 38.1. The van der Waals surface area contributed by atoms with Crippen LogP contribution >= 0.6 is 0 Å². The van der Waals surface area contributed by atoms with Crippen LogP contribution in [-0.4, -0.2) is 74.4 Å². The van der Waals surface area contributed by atoms with Gasteiger partial charge in [-0.05, 0) is 18.6 Å². The lowest BCUT2D eigenvalue weighted by Gasteiger charge is -2.26. The summed E-state index contributed by atoms with van der Waals surface area (Å²) in [6, 6.07) is 3.67. The minimum Gasteiger partial charge on any atom is -0.379 e. The smallest absolute Gasteiger partial charge is 0.257 e. The summed E-state index contributed by atoms with van der Waals surface area (Å²) in [5.41, 5.74) is -0.219.